The van der Waals surface area contributed by atoms with E-state index in [4.69, 9.17) is 5.73 Å². The van der Waals surface area contributed by atoms with Crippen molar-refractivity contribution in [3.8, 4) is 0 Å². The lowest BCUT2D eigenvalue weighted by Gasteiger charge is -2.38. The summed E-state index contributed by atoms with van der Waals surface area (Å²) >= 11 is 0. The van der Waals surface area contributed by atoms with Gasteiger partial charge in [0.15, 0.2) is 0 Å². The molecular formula is C16H26N2. The van der Waals surface area contributed by atoms with E-state index >= 15 is 0 Å². The molecule has 0 aromatic heterocycles. The lowest BCUT2D eigenvalue weighted by molar-refractivity contribution is 0.115. The Morgan fingerprint density at radius 2 is 2.00 bits per heavy atom. The van der Waals surface area contributed by atoms with E-state index in [9.17, 15) is 0 Å². The molecule has 100 valence electrons. The molecule has 1 aromatic rings. The zero-order valence-electron chi connectivity index (χ0n) is 11.7. The quantitative estimate of drug-likeness (QED) is 0.885. The average molecular weight is 246 g/mol. The second-order valence-corrected chi connectivity index (χ2v) is 5.61. The standard InChI is InChI=1S/C16H26N2/c1-3-14-6-4-5-7-15(14)12-18-9-8-13(2)10-16(18)11-17/h4-7,13,16H,3,8-12,17H2,1-2H3. The molecule has 2 N–H and O–H groups in total. The molecule has 0 radical (unpaired) electrons. The molecule has 0 spiro atoms. The maximum Gasteiger partial charge on any atom is 0.0239 e. The third kappa shape index (κ3) is 3.12. The molecular weight excluding hydrogens is 220 g/mol. The predicted octanol–water partition coefficient (Wildman–Crippen LogP) is 2.81. The first-order chi connectivity index (χ1) is 8.74. The third-order valence-corrected chi connectivity index (χ3v) is 4.24. The van der Waals surface area contributed by atoms with E-state index in [2.05, 4.69) is 43.0 Å². The number of nitrogens with zero attached hydrogens (tertiary/aromatic N) is 1. The summed E-state index contributed by atoms with van der Waals surface area (Å²) in [6.07, 6.45) is 3.68. The molecule has 0 amide bonds. The highest BCUT2D eigenvalue weighted by molar-refractivity contribution is 5.27. The van der Waals surface area contributed by atoms with Crippen LogP contribution in [0.1, 0.15) is 37.8 Å². The molecule has 1 fully saturated rings. The normalized spacial score (nSPS) is 25.3. The largest absolute Gasteiger partial charge is 0.329 e. The van der Waals surface area contributed by atoms with Gasteiger partial charge in [-0.1, -0.05) is 38.1 Å². The molecule has 2 rings (SSSR count). The molecule has 1 aromatic carbocycles. The van der Waals surface area contributed by atoms with Crippen molar-refractivity contribution in [2.24, 2.45) is 11.7 Å². The minimum absolute atomic E-state index is 0.568. The highest BCUT2D eigenvalue weighted by Gasteiger charge is 2.25. The van der Waals surface area contributed by atoms with E-state index in [1.165, 1.54) is 30.5 Å². The predicted molar refractivity (Wildman–Crippen MR) is 77.5 cm³/mol. The van der Waals surface area contributed by atoms with Crippen LogP contribution in [0, 0.1) is 5.92 Å². The van der Waals surface area contributed by atoms with Gasteiger partial charge in [-0.3, -0.25) is 4.90 Å². The second kappa shape index (κ2) is 6.35. The minimum Gasteiger partial charge on any atom is -0.329 e. The first kappa shape index (κ1) is 13.6. The summed E-state index contributed by atoms with van der Waals surface area (Å²) in [7, 11) is 0. The van der Waals surface area contributed by atoms with Crippen LogP contribution in [0.3, 0.4) is 0 Å². The van der Waals surface area contributed by atoms with Crippen LogP contribution >= 0.6 is 0 Å². The van der Waals surface area contributed by atoms with Crippen molar-refractivity contribution in [3.63, 3.8) is 0 Å². The SMILES string of the molecule is CCc1ccccc1CN1CCC(C)CC1CN. The number of rotatable bonds is 4. The zero-order chi connectivity index (χ0) is 13.0. The average Bonchev–Trinajstić information content (AvgIpc) is 2.41. The van der Waals surface area contributed by atoms with Crippen molar-refractivity contribution in [2.45, 2.75) is 45.7 Å². The van der Waals surface area contributed by atoms with E-state index < -0.39 is 0 Å². The number of likely N-dealkylation sites (tertiary alicyclic amines) is 1. The summed E-state index contributed by atoms with van der Waals surface area (Å²) < 4.78 is 0. The topological polar surface area (TPSA) is 29.3 Å². The first-order valence-electron chi connectivity index (χ1n) is 7.25. The molecule has 18 heavy (non-hydrogen) atoms. The number of nitrogens with two attached hydrogens (primary N) is 1. The van der Waals surface area contributed by atoms with E-state index in [0.29, 0.717) is 6.04 Å². The Labute approximate surface area is 111 Å². The number of hydrogen-bond acceptors (Lipinski definition) is 2. The summed E-state index contributed by atoms with van der Waals surface area (Å²) in [6, 6.07) is 9.38. The first-order valence-corrected chi connectivity index (χ1v) is 7.25. The maximum atomic E-state index is 5.94. The van der Waals surface area contributed by atoms with Gasteiger partial charge < -0.3 is 5.73 Å². The molecule has 1 heterocycles. The molecule has 1 aliphatic heterocycles. The Bertz CT molecular complexity index is 375. The number of benzene rings is 1. The summed E-state index contributed by atoms with van der Waals surface area (Å²) in [5.41, 5.74) is 8.90. The molecule has 1 saturated heterocycles. The van der Waals surface area contributed by atoms with E-state index in [1.807, 2.05) is 0 Å². The van der Waals surface area contributed by atoms with Crippen LogP contribution in [0.15, 0.2) is 24.3 Å². The molecule has 2 atom stereocenters. The van der Waals surface area contributed by atoms with E-state index in [1.54, 1.807) is 0 Å². The highest BCUT2D eigenvalue weighted by atomic mass is 15.2. The van der Waals surface area contributed by atoms with Crippen LogP contribution in [0.5, 0.6) is 0 Å². The molecule has 0 saturated carbocycles. The second-order valence-electron chi connectivity index (χ2n) is 5.61. The number of hydrogen-bond donors (Lipinski definition) is 1. The van der Waals surface area contributed by atoms with Crippen LogP contribution in [0.4, 0.5) is 0 Å². The Kier molecular flexibility index (Phi) is 4.79. The van der Waals surface area contributed by atoms with Crippen molar-refractivity contribution in [1.82, 2.24) is 4.90 Å². The van der Waals surface area contributed by atoms with Gasteiger partial charge in [0.25, 0.3) is 0 Å². The van der Waals surface area contributed by atoms with Crippen molar-refractivity contribution in [3.05, 3.63) is 35.4 Å². The van der Waals surface area contributed by atoms with Gasteiger partial charge in [0.2, 0.25) is 0 Å². The minimum atomic E-state index is 0.568. The van der Waals surface area contributed by atoms with Crippen LogP contribution in [0.2, 0.25) is 0 Å². The van der Waals surface area contributed by atoms with Gasteiger partial charge in [-0.15, -0.1) is 0 Å². The van der Waals surface area contributed by atoms with Gasteiger partial charge in [-0.25, -0.2) is 0 Å². The van der Waals surface area contributed by atoms with Gasteiger partial charge in [-0.2, -0.15) is 0 Å². The van der Waals surface area contributed by atoms with Gasteiger partial charge >= 0.3 is 0 Å². The molecule has 2 heteroatoms. The lowest BCUT2D eigenvalue weighted by Crippen LogP contribution is -2.45. The highest BCUT2D eigenvalue weighted by Crippen LogP contribution is 2.24. The smallest absolute Gasteiger partial charge is 0.0239 e. The fourth-order valence-corrected chi connectivity index (χ4v) is 3.03. The molecule has 1 aliphatic rings. The Morgan fingerprint density at radius 3 is 2.67 bits per heavy atom. The van der Waals surface area contributed by atoms with Crippen LogP contribution in [0.25, 0.3) is 0 Å². The van der Waals surface area contributed by atoms with Crippen molar-refractivity contribution < 1.29 is 0 Å². The summed E-state index contributed by atoms with van der Waals surface area (Å²) in [5.74, 6) is 0.830. The van der Waals surface area contributed by atoms with Gasteiger partial charge in [-0.05, 0) is 42.9 Å². The summed E-state index contributed by atoms with van der Waals surface area (Å²) in [5, 5.41) is 0. The van der Waals surface area contributed by atoms with Gasteiger partial charge in [0.05, 0.1) is 0 Å². The van der Waals surface area contributed by atoms with E-state index in [0.717, 1.165) is 25.4 Å². The van der Waals surface area contributed by atoms with Gasteiger partial charge in [0.1, 0.15) is 0 Å². The van der Waals surface area contributed by atoms with Crippen LogP contribution in [-0.4, -0.2) is 24.0 Å². The third-order valence-electron chi connectivity index (χ3n) is 4.24. The molecule has 0 bridgehead atoms. The van der Waals surface area contributed by atoms with Crippen molar-refractivity contribution in [2.75, 3.05) is 13.1 Å². The van der Waals surface area contributed by atoms with Crippen LogP contribution < -0.4 is 5.73 Å². The Morgan fingerprint density at radius 1 is 1.28 bits per heavy atom. The summed E-state index contributed by atoms with van der Waals surface area (Å²) in [6.45, 7) is 7.63. The Balaban J connectivity index is 2.07. The maximum absolute atomic E-state index is 5.94. The van der Waals surface area contributed by atoms with Crippen LogP contribution in [-0.2, 0) is 13.0 Å². The number of piperidine rings is 1. The zero-order valence-corrected chi connectivity index (χ0v) is 11.7. The lowest BCUT2D eigenvalue weighted by atomic mass is 9.91. The van der Waals surface area contributed by atoms with Crippen molar-refractivity contribution in [1.29, 1.82) is 0 Å². The van der Waals surface area contributed by atoms with E-state index in [-0.39, 0.29) is 0 Å². The van der Waals surface area contributed by atoms with Crippen molar-refractivity contribution >= 4 is 0 Å². The molecule has 0 aliphatic carbocycles. The Hall–Kier alpha value is -0.860. The summed E-state index contributed by atoms with van der Waals surface area (Å²) in [4.78, 5) is 2.58. The fourth-order valence-electron chi connectivity index (χ4n) is 3.03. The van der Waals surface area contributed by atoms with Gasteiger partial charge in [0, 0.05) is 19.1 Å². The molecule has 2 unspecified atom stereocenters. The monoisotopic (exact) mass is 246 g/mol. The number of aryl methyl sites for hydroxylation is 1. The fraction of sp³-hybridized carbons (Fsp3) is 0.625. The molecule has 2 nitrogen and oxygen atoms in total.